The van der Waals surface area contributed by atoms with Gasteiger partial charge < -0.3 is 15.0 Å². The number of halogens is 1. The molecule has 1 aliphatic heterocycles. The first kappa shape index (κ1) is 16.2. The molecule has 0 unspecified atom stereocenters. The summed E-state index contributed by atoms with van der Waals surface area (Å²) >= 11 is 0. The highest BCUT2D eigenvalue weighted by Crippen LogP contribution is 2.28. The highest BCUT2D eigenvalue weighted by molar-refractivity contribution is 5.46. The summed E-state index contributed by atoms with van der Waals surface area (Å²) in [5.41, 5.74) is 0.429. The molecule has 5 heteroatoms. The molecule has 0 aromatic carbocycles. The zero-order chi connectivity index (χ0) is 15.5. The van der Waals surface area contributed by atoms with Crippen molar-refractivity contribution < 1.29 is 9.13 Å². The highest BCUT2D eigenvalue weighted by atomic mass is 19.1. The van der Waals surface area contributed by atoms with Gasteiger partial charge in [-0.3, -0.25) is 0 Å². The number of morpholine rings is 1. The fraction of sp³-hybridized carbons (Fsp3) is 0.688. The van der Waals surface area contributed by atoms with Crippen molar-refractivity contribution >= 4 is 5.82 Å². The van der Waals surface area contributed by atoms with Gasteiger partial charge in [-0.05, 0) is 32.4 Å². The molecule has 1 aromatic rings. The second-order valence-corrected chi connectivity index (χ2v) is 6.65. The Morgan fingerprint density at radius 1 is 1.48 bits per heavy atom. The Balaban J connectivity index is 2.17. The van der Waals surface area contributed by atoms with E-state index in [0.717, 1.165) is 6.54 Å². The third-order valence-electron chi connectivity index (χ3n) is 3.72. The Hall–Kier alpha value is -1.20. The molecular weight excluding hydrogens is 269 g/mol. The van der Waals surface area contributed by atoms with Crippen molar-refractivity contribution in [2.75, 3.05) is 31.2 Å². The Bertz CT molecular complexity index is 477. The van der Waals surface area contributed by atoms with E-state index in [1.807, 2.05) is 4.90 Å². The molecule has 1 fully saturated rings. The first-order chi connectivity index (χ1) is 9.92. The van der Waals surface area contributed by atoms with Crippen LogP contribution in [0, 0.1) is 11.7 Å². The second-order valence-electron chi connectivity index (χ2n) is 6.65. The molecule has 2 rings (SSSR count). The van der Waals surface area contributed by atoms with Gasteiger partial charge in [0.2, 0.25) is 0 Å². The van der Waals surface area contributed by atoms with Gasteiger partial charge in [-0.25, -0.2) is 9.37 Å². The molecule has 1 N–H and O–H groups in total. The molecule has 4 nitrogen and oxygen atoms in total. The maximum atomic E-state index is 14.7. The fourth-order valence-electron chi connectivity index (χ4n) is 2.54. The average molecular weight is 295 g/mol. The van der Waals surface area contributed by atoms with Crippen LogP contribution in [0.3, 0.4) is 0 Å². The lowest BCUT2D eigenvalue weighted by molar-refractivity contribution is 0.0634. The van der Waals surface area contributed by atoms with Crippen LogP contribution in [0.1, 0.15) is 33.3 Å². The maximum absolute atomic E-state index is 14.7. The average Bonchev–Trinajstić information content (AvgIpc) is 2.40. The predicted octanol–water partition coefficient (Wildman–Crippen LogP) is 2.58. The number of pyridine rings is 1. The monoisotopic (exact) mass is 295 g/mol. The molecule has 0 amide bonds. The molecule has 21 heavy (non-hydrogen) atoms. The summed E-state index contributed by atoms with van der Waals surface area (Å²) in [5, 5.41) is 3.28. The summed E-state index contributed by atoms with van der Waals surface area (Å²) in [7, 11) is 0. The summed E-state index contributed by atoms with van der Waals surface area (Å²) in [6, 6.07) is 1.75. The summed E-state index contributed by atoms with van der Waals surface area (Å²) in [4.78, 5) is 6.28. The molecule has 0 aliphatic carbocycles. The standard InChI is InChI=1S/C16H26FN3O/c1-12(2)9-18-10-13-5-6-19-15(14(13)17)20-7-8-21-11-16(20,3)4/h5-6,12,18H,7-11H2,1-4H3. The van der Waals surface area contributed by atoms with Gasteiger partial charge in [-0.1, -0.05) is 13.8 Å². The van der Waals surface area contributed by atoms with Gasteiger partial charge in [0.1, 0.15) is 0 Å². The minimum absolute atomic E-state index is 0.219. The minimum Gasteiger partial charge on any atom is -0.377 e. The molecule has 0 radical (unpaired) electrons. The van der Waals surface area contributed by atoms with E-state index < -0.39 is 0 Å². The fourth-order valence-corrected chi connectivity index (χ4v) is 2.54. The smallest absolute Gasteiger partial charge is 0.170 e. The molecule has 1 aromatic heterocycles. The van der Waals surface area contributed by atoms with E-state index in [1.54, 1.807) is 12.3 Å². The van der Waals surface area contributed by atoms with Crippen LogP contribution in [0.2, 0.25) is 0 Å². The van der Waals surface area contributed by atoms with Crippen LogP contribution >= 0.6 is 0 Å². The largest absolute Gasteiger partial charge is 0.377 e. The summed E-state index contributed by atoms with van der Waals surface area (Å²) in [6.45, 7) is 11.7. The van der Waals surface area contributed by atoms with Gasteiger partial charge in [-0.15, -0.1) is 0 Å². The minimum atomic E-state index is -0.240. The number of anilines is 1. The molecule has 0 spiro atoms. The number of hydrogen-bond acceptors (Lipinski definition) is 4. The Kier molecular flexibility index (Phi) is 5.17. The van der Waals surface area contributed by atoms with Crippen molar-refractivity contribution in [2.24, 2.45) is 5.92 Å². The number of hydrogen-bond donors (Lipinski definition) is 1. The Morgan fingerprint density at radius 3 is 2.90 bits per heavy atom. The van der Waals surface area contributed by atoms with E-state index in [1.165, 1.54) is 0 Å². The van der Waals surface area contributed by atoms with Gasteiger partial charge in [0.05, 0.1) is 18.8 Å². The van der Waals surface area contributed by atoms with Crippen LogP contribution in [-0.4, -0.2) is 36.8 Å². The van der Waals surface area contributed by atoms with Crippen molar-refractivity contribution in [1.82, 2.24) is 10.3 Å². The van der Waals surface area contributed by atoms with E-state index in [9.17, 15) is 4.39 Å². The van der Waals surface area contributed by atoms with Crippen molar-refractivity contribution in [3.63, 3.8) is 0 Å². The van der Waals surface area contributed by atoms with Crippen molar-refractivity contribution in [3.05, 3.63) is 23.6 Å². The maximum Gasteiger partial charge on any atom is 0.170 e. The van der Waals surface area contributed by atoms with Gasteiger partial charge in [-0.2, -0.15) is 0 Å². The number of nitrogens with zero attached hydrogens (tertiary/aromatic N) is 2. The van der Waals surface area contributed by atoms with E-state index in [0.29, 0.717) is 43.6 Å². The van der Waals surface area contributed by atoms with E-state index in [-0.39, 0.29) is 11.4 Å². The lowest BCUT2D eigenvalue weighted by Gasteiger charge is -2.43. The van der Waals surface area contributed by atoms with Crippen LogP contribution in [0.4, 0.5) is 10.2 Å². The molecule has 1 aliphatic rings. The highest BCUT2D eigenvalue weighted by Gasteiger charge is 2.33. The summed E-state index contributed by atoms with van der Waals surface area (Å²) in [6.07, 6.45) is 1.69. The van der Waals surface area contributed by atoms with E-state index in [4.69, 9.17) is 4.74 Å². The normalized spacial score (nSPS) is 18.3. The Morgan fingerprint density at radius 2 is 2.24 bits per heavy atom. The number of nitrogens with one attached hydrogen (secondary N) is 1. The molecule has 2 heterocycles. The van der Waals surface area contributed by atoms with Crippen LogP contribution in [-0.2, 0) is 11.3 Å². The van der Waals surface area contributed by atoms with E-state index >= 15 is 0 Å². The lowest BCUT2D eigenvalue weighted by Crippen LogP contribution is -2.54. The van der Waals surface area contributed by atoms with Crippen LogP contribution in [0.5, 0.6) is 0 Å². The van der Waals surface area contributed by atoms with Gasteiger partial charge in [0.25, 0.3) is 0 Å². The molecule has 1 saturated heterocycles. The summed E-state index contributed by atoms with van der Waals surface area (Å²) in [5.74, 6) is 0.767. The van der Waals surface area contributed by atoms with Gasteiger partial charge >= 0.3 is 0 Å². The number of rotatable bonds is 5. The SMILES string of the molecule is CC(C)CNCc1ccnc(N2CCOCC2(C)C)c1F. The molecule has 0 saturated carbocycles. The number of aromatic nitrogens is 1. The van der Waals surface area contributed by atoms with Crippen LogP contribution < -0.4 is 10.2 Å². The topological polar surface area (TPSA) is 37.4 Å². The lowest BCUT2D eigenvalue weighted by atomic mass is 10.0. The third-order valence-corrected chi connectivity index (χ3v) is 3.72. The third kappa shape index (κ3) is 3.92. The van der Waals surface area contributed by atoms with Gasteiger partial charge in [0, 0.05) is 24.8 Å². The van der Waals surface area contributed by atoms with E-state index in [2.05, 4.69) is 38.0 Å². The molecule has 0 bridgehead atoms. The summed E-state index contributed by atoms with van der Waals surface area (Å²) < 4.78 is 20.2. The first-order valence-electron chi connectivity index (χ1n) is 7.61. The quantitative estimate of drug-likeness (QED) is 0.906. The first-order valence-corrected chi connectivity index (χ1v) is 7.61. The molecule has 118 valence electrons. The molecular formula is C16H26FN3O. The zero-order valence-corrected chi connectivity index (χ0v) is 13.4. The molecule has 0 atom stereocenters. The van der Waals surface area contributed by atoms with Crippen molar-refractivity contribution in [3.8, 4) is 0 Å². The Labute approximate surface area is 126 Å². The predicted molar refractivity (Wildman–Crippen MR) is 83.0 cm³/mol. The van der Waals surface area contributed by atoms with Crippen LogP contribution in [0.25, 0.3) is 0 Å². The van der Waals surface area contributed by atoms with Crippen molar-refractivity contribution in [1.29, 1.82) is 0 Å². The zero-order valence-electron chi connectivity index (χ0n) is 13.4. The van der Waals surface area contributed by atoms with Crippen molar-refractivity contribution in [2.45, 2.75) is 39.8 Å². The van der Waals surface area contributed by atoms with Gasteiger partial charge in [0.15, 0.2) is 11.6 Å². The van der Waals surface area contributed by atoms with Crippen LogP contribution in [0.15, 0.2) is 12.3 Å². The second kappa shape index (κ2) is 6.71. The number of ether oxygens (including phenoxy) is 1.